The Bertz CT molecular complexity index is 3820. The molecule has 1 nitrogen and oxygen atoms in total. The number of hydrogen-bond acceptors (Lipinski definition) is 2. The molecular formula is C70H63NS. The Morgan fingerprint density at radius 2 is 0.972 bits per heavy atom. The molecule has 354 valence electrons. The van der Waals surface area contributed by atoms with E-state index in [1.54, 1.807) is 5.57 Å². The number of anilines is 3. The summed E-state index contributed by atoms with van der Waals surface area (Å²) in [5, 5.41) is 5.09. The lowest BCUT2D eigenvalue weighted by Gasteiger charge is -2.32. The van der Waals surface area contributed by atoms with Crippen LogP contribution in [0.4, 0.5) is 17.1 Å². The quantitative estimate of drug-likeness (QED) is 0.154. The molecule has 0 amide bonds. The second-order valence-electron chi connectivity index (χ2n) is 23.0. The lowest BCUT2D eigenvalue weighted by molar-refractivity contribution is 0.566. The summed E-state index contributed by atoms with van der Waals surface area (Å²) < 4.78 is 2.60. The van der Waals surface area contributed by atoms with Gasteiger partial charge in [-0.3, -0.25) is 0 Å². The number of nitrogens with zero attached hydrogens (tertiary/aromatic N) is 1. The summed E-state index contributed by atoms with van der Waals surface area (Å²) in [6.45, 7) is 21.2. The summed E-state index contributed by atoms with van der Waals surface area (Å²) in [6, 6.07) is 71.4. The minimum atomic E-state index is -0.0678. The lowest BCUT2D eigenvalue weighted by Crippen LogP contribution is -2.19. The van der Waals surface area contributed by atoms with Crippen LogP contribution in [0.3, 0.4) is 0 Å². The highest BCUT2D eigenvalue weighted by atomic mass is 32.1. The first-order valence-electron chi connectivity index (χ1n) is 25.9. The van der Waals surface area contributed by atoms with E-state index in [-0.39, 0.29) is 16.2 Å². The monoisotopic (exact) mass is 949 g/mol. The van der Waals surface area contributed by atoms with Crippen LogP contribution < -0.4 is 4.90 Å². The van der Waals surface area contributed by atoms with E-state index in [9.17, 15) is 0 Å². The Hall–Kier alpha value is -7.26. The number of allylic oxidation sites excluding steroid dienone is 4. The standard InChI is InChI=1S/C70H63NS/c1-44-38-39-56-59(40-44)70(8,9)58-32-20-30-54(66(56)58)51-25-11-15-34-61(51)71(62-35-16-12-26-52(62)55-31-21-37-64-67(55)57-27-13-17-36-63(57)72-64)60-33-14-10-24-50(60)53-29-19-23-45-22-18-28-49(65(45)53)46-41-47(68(2,3)4)43-48(42-46)69(5,6)7/h10-39,41-44H,40H2,1-9H3. The van der Waals surface area contributed by atoms with Crippen LogP contribution in [0.2, 0.25) is 0 Å². The van der Waals surface area contributed by atoms with Crippen LogP contribution in [0.15, 0.2) is 206 Å². The molecule has 9 aromatic carbocycles. The van der Waals surface area contributed by atoms with Crippen LogP contribution >= 0.6 is 11.3 Å². The van der Waals surface area contributed by atoms with Gasteiger partial charge >= 0.3 is 0 Å². The molecule has 0 N–H and O–H groups in total. The van der Waals surface area contributed by atoms with Gasteiger partial charge < -0.3 is 4.90 Å². The average molecular weight is 950 g/mol. The van der Waals surface area contributed by atoms with Crippen LogP contribution in [-0.4, -0.2) is 0 Å². The molecule has 0 fully saturated rings. The van der Waals surface area contributed by atoms with E-state index in [4.69, 9.17) is 0 Å². The van der Waals surface area contributed by atoms with Gasteiger partial charge in [0.25, 0.3) is 0 Å². The van der Waals surface area contributed by atoms with E-state index in [1.807, 2.05) is 11.3 Å². The molecule has 1 atom stereocenters. The van der Waals surface area contributed by atoms with Crippen molar-refractivity contribution >= 4 is 64.9 Å². The first-order chi connectivity index (χ1) is 34.7. The summed E-state index contributed by atoms with van der Waals surface area (Å²) in [6.07, 6.45) is 5.93. The molecule has 0 spiro atoms. The van der Waals surface area contributed by atoms with Crippen molar-refractivity contribution < 1.29 is 0 Å². The van der Waals surface area contributed by atoms with Gasteiger partial charge in [-0.1, -0.05) is 238 Å². The van der Waals surface area contributed by atoms with Crippen molar-refractivity contribution in [3.05, 3.63) is 228 Å². The maximum Gasteiger partial charge on any atom is 0.0540 e. The Morgan fingerprint density at radius 3 is 1.60 bits per heavy atom. The van der Waals surface area contributed by atoms with E-state index in [0.717, 1.165) is 23.5 Å². The number of thiophene rings is 1. The molecule has 2 aliphatic rings. The predicted molar refractivity (Wildman–Crippen MR) is 314 cm³/mol. The Morgan fingerprint density at radius 1 is 0.486 bits per heavy atom. The molecule has 1 heterocycles. The number of para-hydroxylation sites is 3. The predicted octanol–water partition coefficient (Wildman–Crippen LogP) is 20.6. The smallest absolute Gasteiger partial charge is 0.0540 e. The van der Waals surface area contributed by atoms with Crippen LogP contribution in [0.5, 0.6) is 0 Å². The number of fused-ring (bicyclic) bond motifs is 6. The van der Waals surface area contributed by atoms with Crippen molar-refractivity contribution in [2.24, 2.45) is 5.92 Å². The molecule has 72 heavy (non-hydrogen) atoms. The number of benzene rings is 9. The average Bonchev–Trinajstić information content (AvgIpc) is 3.87. The molecular weight excluding hydrogens is 887 g/mol. The molecule has 1 aromatic heterocycles. The van der Waals surface area contributed by atoms with Gasteiger partial charge in [0, 0.05) is 42.3 Å². The lowest BCUT2D eigenvalue weighted by atomic mass is 9.76. The maximum atomic E-state index is 2.60. The van der Waals surface area contributed by atoms with Crippen molar-refractivity contribution in [1.82, 2.24) is 0 Å². The third-order valence-electron chi connectivity index (χ3n) is 15.8. The Labute approximate surface area is 430 Å². The van der Waals surface area contributed by atoms with Crippen LogP contribution in [0.1, 0.15) is 91.0 Å². The normalized spacial score (nSPS) is 15.4. The molecule has 0 aliphatic heterocycles. The fraction of sp³-hybridized carbons (Fsp3) is 0.200. The molecule has 2 heteroatoms. The fourth-order valence-electron chi connectivity index (χ4n) is 12.0. The zero-order valence-corrected chi connectivity index (χ0v) is 44.0. The number of hydrogen-bond donors (Lipinski definition) is 0. The zero-order valence-electron chi connectivity index (χ0n) is 43.2. The summed E-state index contributed by atoms with van der Waals surface area (Å²) in [7, 11) is 0. The third-order valence-corrected chi connectivity index (χ3v) is 16.9. The summed E-state index contributed by atoms with van der Waals surface area (Å²) >= 11 is 1.88. The highest BCUT2D eigenvalue weighted by molar-refractivity contribution is 7.25. The molecule has 12 rings (SSSR count). The van der Waals surface area contributed by atoms with Crippen molar-refractivity contribution in [1.29, 1.82) is 0 Å². The molecule has 0 saturated carbocycles. The van der Waals surface area contributed by atoms with E-state index >= 15 is 0 Å². The van der Waals surface area contributed by atoms with Crippen molar-refractivity contribution in [2.75, 3.05) is 4.90 Å². The highest BCUT2D eigenvalue weighted by Crippen LogP contribution is 2.56. The van der Waals surface area contributed by atoms with Gasteiger partial charge in [0.2, 0.25) is 0 Å². The highest BCUT2D eigenvalue weighted by Gasteiger charge is 2.40. The zero-order chi connectivity index (χ0) is 49.7. The van der Waals surface area contributed by atoms with E-state index in [2.05, 4.69) is 267 Å². The second-order valence-corrected chi connectivity index (χ2v) is 24.0. The van der Waals surface area contributed by atoms with E-state index in [0.29, 0.717) is 5.92 Å². The van der Waals surface area contributed by atoms with E-state index in [1.165, 1.54) is 103 Å². The minimum absolute atomic E-state index is 0.0185. The van der Waals surface area contributed by atoms with Gasteiger partial charge in [-0.15, -0.1) is 11.3 Å². The largest absolute Gasteiger partial charge is 0.309 e. The van der Waals surface area contributed by atoms with Crippen LogP contribution in [-0.2, 0) is 16.2 Å². The van der Waals surface area contributed by atoms with Gasteiger partial charge in [-0.05, 0) is 120 Å². The molecule has 0 bridgehead atoms. The molecule has 0 saturated heterocycles. The summed E-state index contributed by atoms with van der Waals surface area (Å²) in [5.74, 6) is 0.513. The molecule has 0 radical (unpaired) electrons. The van der Waals surface area contributed by atoms with Gasteiger partial charge in [0.1, 0.15) is 0 Å². The van der Waals surface area contributed by atoms with Gasteiger partial charge in [0.05, 0.1) is 17.1 Å². The first kappa shape index (κ1) is 45.9. The van der Waals surface area contributed by atoms with Gasteiger partial charge in [0.15, 0.2) is 0 Å². The summed E-state index contributed by atoms with van der Waals surface area (Å²) in [4.78, 5) is 2.60. The topological polar surface area (TPSA) is 3.24 Å². The first-order valence-corrected chi connectivity index (χ1v) is 26.7. The molecule has 2 aliphatic carbocycles. The number of rotatable bonds is 7. The molecule has 10 aromatic rings. The third kappa shape index (κ3) is 7.57. The van der Waals surface area contributed by atoms with Crippen molar-refractivity contribution in [2.45, 2.75) is 85.0 Å². The SMILES string of the molecule is CC1C=CC2=C(C1)C(C)(C)c1cccc(-c3ccccc3N(c3ccccc3-c3cccc4cccc(-c5cc(C(C)(C)C)cc(C(C)(C)C)c5)c34)c3ccccc3-c3cccc4sc5ccccc5c34)c12. The Kier molecular flexibility index (Phi) is 11.0. The van der Waals surface area contributed by atoms with E-state index < -0.39 is 0 Å². The maximum absolute atomic E-state index is 2.60. The summed E-state index contributed by atoms with van der Waals surface area (Å²) in [5.41, 5.74) is 21.5. The van der Waals surface area contributed by atoms with Crippen molar-refractivity contribution in [3.8, 4) is 44.5 Å². The second kappa shape index (κ2) is 17.2. The van der Waals surface area contributed by atoms with Crippen LogP contribution in [0, 0.1) is 5.92 Å². The van der Waals surface area contributed by atoms with Gasteiger partial charge in [-0.2, -0.15) is 0 Å². The minimum Gasteiger partial charge on any atom is -0.309 e. The van der Waals surface area contributed by atoms with Gasteiger partial charge in [-0.25, -0.2) is 0 Å². The van der Waals surface area contributed by atoms with Crippen molar-refractivity contribution in [3.63, 3.8) is 0 Å². The Balaban J connectivity index is 1.16. The molecule has 1 unspecified atom stereocenters. The van der Waals surface area contributed by atoms with Crippen LogP contribution in [0.25, 0.3) is 81.0 Å². The fourth-order valence-corrected chi connectivity index (χ4v) is 13.1.